The van der Waals surface area contributed by atoms with E-state index in [-0.39, 0.29) is 0 Å². The summed E-state index contributed by atoms with van der Waals surface area (Å²) in [4.78, 5) is 22.1. The Bertz CT molecular complexity index is 542. The lowest BCUT2D eigenvalue weighted by molar-refractivity contribution is -0.175. The van der Waals surface area contributed by atoms with Gasteiger partial charge in [0.05, 0.1) is 0 Å². The third-order valence-corrected chi connectivity index (χ3v) is 3.39. The Hall–Kier alpha value is -2.05. The molecule has 1 amide bonds. The number of carbonyl (C=O) groups excluding carboxylic acids is 1. The monoisotopic (exact) mass is 287 g/mol. The highest BCUT2D eigenvalue weighted by Gasteiger charge is 2.43. The summed E-state index contributed by atoms with van der Waals surface area (Å²) in [5, 5.41) is 10.7. The van der Waals surface area contributed by atoms with E-state index in [2.05, 4.69) is 0 Å². The van der Waals surface area contributed by atoms with Crippen molar-refractivity contribution in [1.29, 1.82) is 0 Å². The second-order valence-corrected chi connectivity index (χ2v) is 4.63. The highest BCUT2D eigenvalue weighted by atomic mass is 19.4. The molecule has 0 aliphatic heterocycles. The average molecular weight is 287 g/mol. The molecule has 1 aliphatic rings. The van der Waals surface area contributed by atoms with Gasteiger partial charge in [-0.25, -0.2) is 4.79 Å². The van der Waals surface area contributed by atoms with Crippen molar-refractivity contribution in [2.24, 2.45) is 0 Å². The maximum Gasteiger partial charge on any atom is 0.471 e. The van der Waals surface area contributed by atoms with E-state index in [0.717, 1.165) is 5.56 Å². The molecule has 2 N–H and O–H groups in total. The van der Waals surface area contributed by atoms with Crippen molar-refractivity contribution in [2.75, 3.05) is 0 Å². The van der Waals surface area contributed by atoms with Crippen molar-refractivity contribution < 1.29 is 27.9 Å². The van der Waals surface area contributed by atoms with E-state index in [0.29, 0.717) is 18.4 Å². The lowest BCUT2D eigenvalue weighted by Crippen LogP contribution is -2.49. The summed E-state index contributed by atoms with van der Waals surface area (Å²) in [6, 6.07) is 5.39. The minimum Gasteiger partial charge on any atom is -0.480 e. The molecule has 108 valence electrons. The molecule has 0 spiro atoms. The maximum absolute atomic E-state index is 12.3. The number of carbonyl (C=O) groups is 2. The molecule has 2 rings (SSSR count). The lowest BCUT2D eigenvalue weighted by atomic mass is 9.93. The number of aryl methyl sites for hydroxylation is 1. The number of carboxylic acids is 1. The molecule has 4 nitrogen and oxygen atoms in total. The van der Waals surface area contributed by atoms with E-state index in [4.69, 9.17) is 5.11 Å². The van der Waals surface area contributed by atoms with Crippen LogP contribution in [0.15, 0.2) is 24.3 Å². The second kappa shape index (κ2) is 5.15. The number of amides is 1. The zero-order valence-electron chi connectivity index (χ0n) is 10.3. The molecular weight excluding hydrogens is 275 g/mol. The smallest absolute Gasteiger partial charge is 0.471 e. The van der Waals surface area contributed by atoms with E-state index in [9.17, 15) is 22.8 Å². The van der Waals surface area contributed by atoms with Gasteiger partial charge in [-0.2, -0.15) is 13.2 Å². The van der Waals surface area contributed by atoms with Gasteiger partial charge in [-0.15, -0.1) is 0 Å². The molecular formula is C13H12F3NO3. The fourth-order valence-electron chi connectivity index (χ4n) is 2.49. The normalized spacial score (nSPS) is 19.2. The van der Waals surface area contributed by atoms with Crippen molar-refractivity contribution in [3.63, 3.8) is 0 Å². The van der Waals surface area contributed by atoms with Crippen LogP contribution in [0.5, 0.6) is 0 Å². The van der Waals surface area contributed by atoms with Gasteiger partial charge in [-0.3, -0.25) is 4.79 Å². The van der Waals surface area contributed by atoms with Crippen molar-refractivity contribution in [3.8, 4) is 0 Å². The van der Waals surface area contributed by atoms with Crippen molar-refractivity contribution in [1.82, 2.24) is 5.32 Å². The van der Waals surface area contributed by atoms with Crippen molar-refractivity contribution in [2.45, 2.75) is 31.0 Å². The number of rotatable bonds is 3. The molecule has 1 aliphatic carbocycles. The van der Waals surface area contributed by atoms with E-state index in [1.165, 1.54) is 0 Å². The zero-order valence-corrected chi connectivity index (χ0v) is 10.3. The van der Waals surface area contributed by atoms with E-state index in [1.54, 1.807) is 29.6 Å². The van der Waals surface area contributed by atoms with Gasteiger partial charge < -0.3 is 10.4 Å². The molecule has 0 radical (unpaired) electrons. The first-order valence-electron chi connectivity index (χ1n) is 5.99. The Morgan fingerprint density at radius 3 is 2.55 bits per heavy atom. The van der Waals surface area contributed by atoms with Gasteiger partial charge in [-0.1, -0.05) is 24.3 Å². The number of hydrogen-bond donors (Lipinski definition) is 2. The first kappa shape index (κ1) is 14.4. The summed E-state index contributed by atoms with van der Waals surface area (Å²) >= 11 is 0. The van der Waals surface area contributed by atoms with Gasteiger partial charge in [0.2, 0.25) is 0 Å². The Morgan fingerprint density at radius 1 is 1.30 bits per heavy atom. The van der Waals surface area contributed by atoms with Gasteiger partial charge in [0.25, 0.3) is 0 Å². The number of carboxylic acid groups (broad SMARTS) is 1. The van der Waals surface area contributed by atoms with E-state index >= 15 is 0 Å². The first-order valence-corrected chi connectivity index (χ1v) is 5.99. The van der Waals surface area contributed by atoms with Gasteiger partial charge in [0, 0.05) is 5.92 Å². The summed E-state index contributed by atoms with van der Waals surface area (Å²) in [7, 11) is 0. The molecule has 0 saturated carbocycles. The van der Waals surface area contributed by atoms with Gasteiger partial charge >= 0.3 is 18.1 Å². The highest BCUT2D eigenvalue weighted by molar-refractivity contribution is 5.87. The van der Waals surface area contributed by atoms with Crippen LogP contribution in [0.3, 0.4) is 0 Å². The molecule has 0 heterocycles. The third-order valence-electron chi connectivity index (χ3n) is 3.39. The summed E-state index contributed by atoms with van der Waals surface area (Å²) in [5.41, 5.74) is 1.59. The SMILES string of the molecule is O=C(O)[C@H](NC(=O)C(F)(F)F)C1CCc2ccccc21. The number of nitrogens with one attached hydrogen (secondary N) is 1. The number of fused-ring (bicyclic) bond motifs is 1. The molecule has 1 unspecified atom stereocenters. The third kappa shape index (κ3) is 2.76. The van der Waals surface area contributed by atoms with Crippen molar-refractivity contribution in [3.05, 3.63) is 35.4 Å². The van der Waals surface area contributed by atoms with Crippen LogP contribution in [0.4, 0.5) is 13.2 Å². The summed E-state index contributed by atoms with van der Waals surface area (Å²) in [5.74, 6) is -4.34. The number of halogens is 3. The minimum absolute atomic E-state index is 0.397. The largest absolute Gasteiger partial charge is 0.480 e. The minimum atomic E-state index is -5.09. The number of alkyl halides is 3. The second-order valence-electron chi connectivity index (χ2n) is 4.63. The molecule has 2 atom stereocenters. The average Bonchev–Trinajstić information content (AvgIpc) is 2.77. The summed E-state index contributed by atoms with van der Waals surface area (Å²) in [6.45, 7) is 0. The van der Waals surface area contributed by atoms with Crippen LogP contribution in [-0.4, -0.2) is 29.2 Å². The predicted octanol–water partition coefficient (Wildman–Crippen LogP) is 1.85. The maximum atomic E-state index is 12.3. The molecule has 0 aromatic heterocycles. The Labute approximate surface area is 112 Å². The molecule has 7 heteroatoms. The van der Waals surface area contributed by atoms with Crippen LogP contribution >= 0.6 is 0 Å². The van der Waals surface area contributed by atoms with Crippen molar-refractivity contribution >= 4 is 11.9 Å². The van der Waals surface area contributed by atoms with E-state index in [1.807, 2.05) is 0 Å². The Kier molecular flexibility index (Phi) is 3.69. The zero-order chi connectivity index (χ0) is 14.9. The highest BCUT2D eigenvalue weighted by Crippen LogP contribution is 2.35. The lowest BCUT2D eigenvalue weighted by Gasteiger charge is -2.22. The summed E-state index contributed by atoms with van der Waals surface area (Å²) < 4.78 is 36.8. The van der Waals surface area contributed by atoms with Crippen LogP contribution in [0.1, 0.15) is 23.5 Å². The van der Waals surface area contributed by atoms with Crippen LogP contribution in [0, 0.1) is 0 Å². The fraction of sp³-hybridized carbons (Fsp3) is 0.385. The standard InChI is InChI=1S/C13H12F3NO3/c14-13(15,16)12(20)17-10(11(18)19)9-6-5-7-3-1-2-4-8(7)9/h1-4,9-10H,5-6H2,(H,17,20)(H,18,19)/t9?,10-/m1/s1. The number of benzene rings is 1. The van der Waals surface area contributed by atoms with Crippen LogP contribution in [0.2, 0.25) is 0 Å². The van der Waals surface area contributed by atoms with Gasteiger partial charge in [-0.05, 0) is 24.0 Å². The topological polar surface area (TPSA) is 66.4 Å². The van der Waals surface area contributed by atoms with Gasteiger partial charge in [0.15, 0.2) is 0 Å². The van der Waals surface area contributed by atoms with E-state index < -0.39 is 30.0 Å². The fourth-order valence-corrected chi connectivity index (χ4v) is 2.49. The van der Waals surface area contributed by atoms with Gasteiger partial charge in [0.1, 0.15) is 6.04 Å². The molecule has 1 aromatic rings. The molecule has 0 saturated heterocycles. The van der Waals surface area contributed by atoms with Crippen LogP contribution in [0.25, 0.3) is 0 Å². The molecule has 20 heavy (non-hydrogen) atoms. The Balaban J connectivity index is 2.23. The first-order chi connectivity index (χ1) is 9.30. The van der Waals surface area contributed by atoms with Crippen LogP contribution < -0.4 is 5.32 Å². The molecule has 0 bridgehead atoms. The predicted molar refractivity (Wildman–Crippen MR) is 63.1 cm³/mol. The van der Waals surface area contributed by atoms with Crippen LogP contribution in [-0.2, 0) is 16.0 Å². The quantitative estimate of drug-likeness (QED) is 0.891. The Morgan fingerprint density at radius 2 is 1.95 bits per heavy atom. The number of aliphatic carboxylic acids is 1. The molecule has 1 aromatic carbocycles. The molecule has 0 fully saturated rings. The number of hydrogen-bond acceptors (Lipinski definition) is 2. The summed E-state index contributed by atoms with van der Waals surface area (Å²) in [6.07, 6.45) is -4.10.